The standard InChI is InChI=1S/C30H44N2O2Si2/c1-30(2,3)36(6,7)34-21-13-14-24(23-35(4,5)26-17-9-8-10-18-26)22-28(33)32-27-19-11-15-25-16-12-20-31-29(25)27/h8-12,15-20,24H,13-14,21-23H2,1-7H3,(H,32,33). The monoisotopic (exact) mass is 520 g/mol. The second-order valence-corrected chi connectivity index (χ2v) is 21.8. The maximum Gasteiger partial charge on any atom is 0.224 e. The Hall–Kier alpha value is -2.29. The van der Waals surface area contributed by atoms with Crippen LogP contribution in [0.1, 0.15) is 40.0 Å². The molecule has 0 bridgehead atoms. The Morgan fingerprint density at radius 2 is 1.67 bits per heavy atom. The van der Waals surface area contributed by atoms with Crippen molar-refractivity contribution >= 4 is 44.1 Å². The lowest BCUT2D eigenvalue weighted by Gasteiger charge is -2.36. The van der Waals surface area contributed by atoms with E-state index in [1.165, 1.54) is 5.19 Å². The zero-order chi connectivity index (χ0) is 26.4. The molecule has 0 radical (unpaired) electrons. The number of nitrogens with zero attached hydrogens (tertiary/aromatic N) is 1. The SMILES string of the molecule is CC(C)(C)[Si](C)(C)OCCCC(CC(=O)Nc1cccc2cccnc12)C[Si](C)(C)c1ccccc1. The summed E-state index contributed by atoms with van der Waals surface area (Å²) in [7, 11) is -3.46. The normalized spacial score (nSPS) is 13.5. The van der Waals surface area contributed by atoms with Crippen LogP contribution < -0.4 is 10.5 Å². The fraction of sp³-hybridized carbons (Fsp3) is 0.467. The van der Waals surface area contributed by atoms with Gasteiger partial charge < -0.3 is 9.74 Å². The summed E-state index contributed by atoms with van der Waals surface area (Å²) in [4.78, 5) is 17.8. The average Bonchev–Trinajstić information content (AvgIpc) is 2.81. The average molecular weight is 521 g/mol. The van der Waals surface area contributed by atoms with Gasteiger partial charge in [-0.3, -0.25) is 9.78 Å². The van der Waals surface area contributed by atoms with Gasteiger partial charge in [-0.1, -0.05) is 93.6 Å². The van der Waals surface area contributed by atoms with Crippen LogP contribution in [0, 0.1) is 5.92 Å². The van der Waals surface area contributed by atoms with E-state index in [0.29, 0.717) is 12.3 Å². The van der Waals surface area contributed by atoms with Gasteiger partial charge >= 0.3 is 0 Å². The minimum Gasteiger partial charge on any atom is -0.417 e. The smallest absolute Gasteiger partial charge is 0.224 e. The van der Waals surface area contributed by atoms with Crippen molar-refractivity contribution in [1.29, 1.82) is 0 Å². The molecule has 194 valence electrons. The molecule has 4 nitrogen and oxygen atoms in total. The van der Waals surface area contributed by atoms with E-state index in [-0.39, 0.29) is 10.9 Å². The molecule has 1 aromatic heterocycles. The van der Waals surface area contributed by atoms with E-state index in [2.05, 4.69) is 87.6 Å². The number of rotatable bonds is 11. The molecule has 0 fully saturated rings. The van der Waals surface area contributed by atoms with E-state index >= 15 is 0 Å². The van der Waals surface area contributed by atoms with Crippen molar-refractivity contribution in [2.45, 2.75) is 77.3 Å². The summed E-state index contributed by atoms with van der Waals surface area (Å²) in [5.74, 6) is 0.388. The third-order valence-corrected chi connectivity index (χ3v) is 15.8. The zero-order valence-electron chi connectivity index (χ0n) is 23.2. The first kappa shape index (κ1) is 28.3. The summed E-state index contributed by atoms with van der Waals surface area (Å²) in [6, 6.07) is 21.8. The first-order chi connectivity index (χ1) is 16.9. The van der Waals surface area contributed by atoms with Crippen molar-refractivity contribution in [1.82, 2.24) is 4.98 Å². The lowest BCUT2D eigenvalue weighted by molar-refractivity contribution is -0.117. The molecule has 0 aliphatic heterocycles. The Labute approximate surface area is 220 Å². The van der Waals surface area contributed by atoms with Crippen LogP contribution in [0.2, 0.25) is 37.3 Å². The van der Waals surface area contributed by atoms with Gasteiger partial charge in [-0.05, 0) is 49.0 Å². The molecule has 1 atom stereocenters. The van der Waals surface area contributed by atoms with Crippen LogP contribution in [0.5, 0.6) is 0 Å². The Bertz CT molecular complexity index is 1140. The summed E-state index contributed by atoms with van der Waals surface area (Å²) < 4.78 is 6.45. The number of benzene rings is 2. The molecule has 0 saturated heterocycles. The number of para-hydroxylation sites is 1. The fourth-order valence-corrected chi connectivity index (χ4v) is 8.80. The van der Waals surface area contributed by atoms with Gasteiger partial charge in [-0.15, -0.1) is 0 Å². The molecule has 0 spiro atoms. The van der Waals surface area contributed by atoms with Crippen LogP contribution in [0.25, 0.3) is 10.9 Å². The predicted octanol–water partition coefficient (Wildman–Crippen LogP) is 7.60. The molecule has 3 aromatic rings. The lowest BCUT2D eigenvalue weighted by Crippen LogP contribution is -2.43. The number of anilines is 1. The lowest BCUT2D eigenvalue weighted by atomic mass is 10.0. The van der Waals surface area contributed by atoms with Crippen LogP contribution in [-0.4, -0.2) is 33.9 Å². The van der Waals surface area contributed by atoms with E-state index < -0.39 is 16.4 Å². The van der Waals surface area contributed by atoms with Gasteiger partial charge in [0.1, 0.15) is 0 Å². The molecule has 36 heavy (non-hydrogen) atoms. The number of hydrogen-bond acceptors (Lipinski definition) is 3. The van der Waals surface area contributed by atoms with E-state index in [0.717, 1.165) is 42.1 Å². The summed E-state index contributed by atoms with van der Waals surface area (Å²) in [5, 5.41) is 5.86. The number of nitrogens with one attached hydrogen (secondary N) is 1. The van der Waals surface area contributed by atoms with Crippen molar-refractivity contribution in [2.24, 2.45) is 5.92 Å². The first-order valence-electron chi connectivity index (χ1n) is 13.2. The highest BCUT2D eigenvalue weighted by Gasteiger charge is 2.37. The predicted molar refractivity (Wildman–Crippen MR) is 159 cm³/mol. The molecule has 0 saturated carbocycles. The number of carbonyl (C=O) groups excluding carboxylic acids is 1. The van der Waals surface area contributed by atoms with E-state index in [9.17, 15) is 4.79 Å². The topological polar surface area (TPSA) is 51.2 Å². The molecule has 1 unspecified atom stereocenters. The van der Waals surface area contributed by atoms with Crippen molar-refractivity contribution in [3.05, 3.63) is 66.9 Å². The minimum atomic E-state index is -1.76. The third kappa shape index (κ3) is 7.61. The molecule has 1 N–H and O–H groups in total. The summed E-state index contributed by atoms with van der Waals surface area (Å²) in [6.07, 6.45) is 4.28. The van der Waals surface area contributed by atoms with Crippen molar-refractivity contribution < 1.29 is 9.22 Å². The van der Waals surface area contributed by atoms with Gasteiger partial charge in [0, 0.05) is 24.6 Å². The maximum atomic E-state index is 13.3. The fourth-order valence-electron chi connectivity index (χ4n) is 4.59. The van der Waals surface area contributed by atoms with E-state index in [1.807, 2.05) is 30.3 Å². The molecular formula is C30H44N2O2Si2. The van der Waals surface area contributed by atoms with Crippen LogP contribution in [-0.2, 0) is 9.22 Å². The second kappa shape index (κ2) is 11.8. The Kier molecular flexibility index (Phi) is 9.30. The molecule has 6 heteroatoms. The summed E-state index contributed by atoms with van der Waals surface area (Å²) in [5.41, 5.74) is 1.63. The Morgan fingerprint density at radius 3 is 2.36 bits per heavy atom. The van der Waals surface area contributed by atoms with Gasteiger partial charge in [0.05, 0.1) is 19.3 Å². The highest BCUT2D eigenvalue weighted by molar-refractivity contribution is 6.89. The van der Waals surface area contributed by atoms with Gasteiger partial charge in [-0.2, -0.15) is 0 Å². The highest BCUT2D eigenvalue weighted by atomic mass is 28.4. The molecule has 3 rings (SSSR count). The van der Waals surface area contributed by atoms with Crippen molar-refractivity contribution in [3.63, 3.8) is 0 Å². The van der Waals surface area contributed by atoms with Gasteiger partial charge in [0.25, 0.3) is 0 Å². The first-order valence-corrected chi connectivity index (χ1v) is 19.3. The van der Waals surface area contributed by atoms with Gasteiger partial charge in [0.2, 0.25) is 5.91 Å². The number of fused-ring (bicyclic) bond motifs is 1. The van der Waals surface area contributed by atoms with Crippen LogP contribution in [0.15, 0.2) is 66.9 Å². The number of carbonyl (C=O) groups is 1. The second-order valence-electron chi connectivity index (χ2n) is 12.2. The molecule has 2 aromatic carbocycles. The van der Waals surface area contributed by atoms with Gasteiger partial charge in [0.15, 0.2) is 8.32 Å². The van der Waals surface area contributed by atoms with Crippen LogP contribution >= 0.6 is 0 Å². The van der Waals surface area contributed by atoms with Crippen LogP contribution in [0.4, 0.5) is 5.69 Å². The maximum absolute atomic E-state index is 13.3. The zero-order valence-corrected chi connectivity index (χ0v) is 25.2. The molecule has 1 heterocycles. The van der Waals surface area contributed by atoms with Crippen LogP contribution in [0.3, 0.4) is 0 Å². The molecular weight excluding hydrogens is 477 g/mol. The number of pyridine rings is 1. The van der Waals surface area contributed by atoms with E-state index in [4.69, 9.17) is 4.43 Å². The number of hydrogen-bond donors (Lipinski definition) is 1. The van der Waals surface area contributed by atoms with Crippen molar-refractivity contribution in [2.75, 3.05) is 11.9 Å². The quantitative estimate of drug-likeness (QED) is 0.209. The van der Waals surface area contributed by atoms with E-state index in [1.54, 1.807) is 6.20 Å². The highest BCUT2D eigenvalue weighted by Crippen LogP contribution is 2.37. The molecule has 0 aliphatic carbocycles. The number of amides is 1. The Morgan fingerprint density at radius 1 is 0.972 bits per heavy atom. The number of aromatic nitrogens is 1. The largest absolute Gasteiger partial charge is 0.417 e. The molecule has 1 amide bonds. The Balaban J connectivity index is 1.70. The molecule has 0 aliphatic rings. The van der Waals surface area contributed by atoms with Gasteiger partial charge in [-0.25, -0.2) is 0 Å². The minimum absolute atomic E-state index is 0.0707. The summed E-state index contributed by atoms with van der Waals surface area (Å²) >= 11 is 0. The van der Waals surface area contributed by atoms with Crippen molar-refractivity contribution in [3.8, 4) is 0 Å². The summed E-state index contributed by atoms with van der Waals surface area (Å²) in [6.45, 7) is 17.1. The third-order valence-electron chi connectivity index (χ3n) is 7.76.